The summed E-state index contributed by atoms with van der Waals surface area (Å²) in [6.07, 6.45) is 1.74. The van der Waals surface area contributed by atoms with Gasteiger partial charge in [-0.1, -0.05) is 6.07 Å². The molecule has 1 aliphatic heterocycles. The van der Waals surface area contributed by atoms with E-state index in [4.69, 9.17) is 5.11 Å². The average Bonchev–Trinajstić information content (AvgIpc) is 2.83. The van der Waals surface area contributed by atoms with Crippen molar-refractivity contribution in [2.75, 3.05) is 25.0 Å². The minimum Gasteiger partial charge on any atom is -0.481 e. The Labute approximate surface area is 122 Å². The molecule has 2 rings (SSSR count). The van der Waals surface area contributed by atoms with Gasteiger partial charge >= 0.3 is 5.97 Å². The van der Waals surface area contributed by atoms with Gasteiger partial charge in [-0.15, -0.1) is 0 Å². The Morgan fingerprint density at radius 2 is 2.24 bits per heavy atom. The van der Waals surface area contributed by atoms with Crippen LogP contribution in [-0.2, 0) is 9.59 Å². The summed E-state index contributed by atoms with van der Waals surface area (Å²) in [5.74, 6) is -1.01. The van der Waals surface area contributed by atoms with Crippen LogP contribution in [-0.4, -0.2) is 41.5 Å². The number of carboxylic acids is 1. The normalized spacial score (nSPS) is 18.6. The lowest BCUT2D eigenvalue weighted by Gasteiger charge is -2.15. The van der Waals surface area contributed by atoms with Gasteiger partial charge in [0.25, 0.3) is 0 Å². The van der Waals surface area contributed by atoms with Crippen molar-refractivity contribution >= 4 is 17.6 Å². The molecule has 0 saturated carbocycles. The van der Waals surface area contributed by atoms with E-state index in [1.165, 1.54) is 12.1 Å². The van der Waals surface area contributed by atoms with Crippen molar-refractivity contribution in [2.45, 2.75) is 19.3 Å². The second kappa shape index (κ2) is 7.17. The van der Waals surface area contributed by atoms with Crippen LogP contribution in [0.5, 0.6) is 0 Å². The summed E-state index contributed by atoms with van der Waals surface area (Å²) in [7, 11) is 0. The number of nitrogens with one attached hydrogen (secondary N) is 1. The fourth-order valence-corrected chi connectivity index (χ4v) is 2.59. The highest BCUT2D eigenvalue weighted by molar-refractivity contribution is 5.92. The molecule has 1 aromatic carbocycles. The number of carbonyl (C=O) groups is 2. The van der Waals surface area contributed by atoms with E-state index in [0.717, 1.165) is 19.5 Å². The number of benzene rings is 1. The highest BCUT2D eigenvalue weighted by atomic mass is 19.1. The third-order valence-corrected chi connectivity index (χ3v) is 3.61. The number of hydrogen-bond acceptors (Lipinski definition) is 3. The Morgan fingerprint density at radius 1 is 1.43 bits per heavy atom. The fraction of sp³-hybridized carbons (Fsp3) is 0.467. The lowest BCUT2D eigenvalue weighted by atomic mass is 10.0. The Balaban J connectivity index is 1.75. The Bertz CT molecular complexity index is 521. The molecular formula is C15H19FN2O3. The van der Waals surface area contributed by atoms with E-state index in [0.29, 0.717) is 18.0 Å². The second-order valence-corrected chi connectivity index (χ2v) is 5.38. The molecule has 114 valence electrons. The van der Waals surface area contributed by atoms with Crippen molar-refractivity contribution in [3.05, 3.63) is 30.1 Å². The largest absolute Gasteiger partial charge is 0.481 e. The van der Waals surface area contributed by atoms with Gasteiger partial charge in [0.05, 0.1) is 6.54 Å². The van der Waals surface area contributed by atoms with E-state index in [1.807, 2.05) is 4.90 Å². The van der Waals surface area contributed by atoms with E-state index >= 15 is 0 Å². The molecule has 2 N–H and O–H groups in total. The Hall–Kier alpha value is -1.95. The van der Waals surface area contributed by atoms with E-state index < -0.39 is 5.97 Å². The molecule has 6 heteroatoms. The van der Waals surface area contributed by atoms with Crippen LogP contribution in [0.1, 0.15) is 19.3 Å². The second-order valence-electron chi connectivity index (χ2n) is 5.38. The number of nitrogens with zero attached hydrogens (tertiary/aromatic N) is 1. The smallest absolute Gasteiger partial charge is 0.303 e. The first-order chi connectivity index (χ1) is 10.0. The highest BCUT2D eigenvalue weighted by Crippen LogP contribution is 2.20. The monoisotopic (exact) mass is 294 g/mol. The first-order valence-corrected chi connectivity index (χ1v) is 7.02. The van der Waals surface area contributed by atoms with Crippen LogP contribution in [0, 0.1) is 11.7 Å². The van der Waals surface area contributed by atoms with Gasteiger partial charge in [-0.25, -0.2) is 4.39 Å². The molecule has 1 aliphatic rings. The molecule has 1 unspecified atom stereocenters. The van der Waals surface area contributed by atoms with Crippen molar-refractivity contribution in [3.63, 3.8) is 0 Å². The van der Waals surface area contributed by atoms with Crippen molar-refractivity contribution in [1.29, 1.82) is 0 Å². The molecule has 1 atom stereocenters. The highest BCUT2D eigenvalue weighted by Gasteiger charge is 2.24. The maximum atomic E-state index is 13.0. The number of amides is 1. The lowest BCUT2D eigenvalue weighted by molar-refractivity contribution is -0.137. The average molecular weight is 294 g/mol. The van der Waals surface area contributed by atoms with Gasteiger partial charge in [0.1, 0.15) is 5.82 Å². The van der Waals surface area contributed by atoms with Crippen LogP contribution in [0.15, 0.2) is 24.3 Å². The van der Waals surface area contributed by atoms with Gasteiger partial charge in [-0.05, 0) is 43.5 Å². The van der Waals surface area contributed by atoms with Crippen molar-refractivity contribution in [2.24, 2.45) is 5.92 Å². The van der Waals surface area contributed by atoms with Gasteiger partial charge in [0.2, 0.25) is 5.91 Å². The minimum absolute atomic E-state index is 0.175. The SMILES string of the molecule is O=C(O)CCC1CCN(CC(=O)Nc2cccc(F)c2)C1. The minimum atomic E-state index is -0.780. The Morgan fingerprint density at radius 3 is 2.95 bits per heavy atom. The van der Waals surface area contributed by atoms with Crippen LogP contribution in [0.4, 0.5) is 10.1 Å². The number of halogens is 1. The van der Waals surface area contributed by atoms with E-state index in [9.17, 15) is 14.0 Å². The molecule has 0 bridgehead atoms. The quantitative estimate of drug-likeness (QED) is 0.841. The van der Waals surface area contributed by atoms with Crippen LogP contribution in [0.25, 0.3) is 0 Å². The number of anilines is 1. The number of rotatable bonds is 6. The fourth-order valence-electron chi connectivity index (χ4n) is 2.59. The molecule has 21 heavy (non-hydrogen) atoms. The molecule has 1 aromatic rings. The number of hydrogen-bond donors (Lipinski definition) is 2. The first kappa shape index (κ1) is 15.4. The summed E-state index contributed by atoms with van der Waals surface area (Å²) in [5.41, 5.74) is 0.446. The third-order valence-electron chi connectivity index (χ3n) is 3.61. The molecule has 1 saturated heterocycles. The molecular weight excluding hydrogens is 275 g/mol. The molecule has 5 nitrogen and oxygen atoms in total. The summed E-state index contributed by atoms with van der Waals surface area (Å²) < 4.78 is 13.0. The number of aliphatic carboxylic acids is 1. The molecule has 1 fully saturated rings. The standard InChI is InChI=1S/C15H19FN2O3/c16-12-2-1-3-13(8-12)17-14(19)10-18-7-6-11(9-18)4-5-15(20)21/h1-3,8,11H,4-7,9-10H2,(H,17,19)(H,20,21). The first-order valence-electron chi connectivity index (χ1n) is 7.02. The third kappa shape index (κ3) is 5.15. The summed E-state index contributed by atoms with van der Waals surface area (Å²) in [5, 5.41) is 11.3. The Kier molecular flexibility index (Phi) is 5.27. The molecule has 1 heterocycles. The number of likely N-dealkylation sites (tertiary alicyclic amines) is 1. The zero-order valence-corrected chi connectivity index (χ0v) is 11.7. The molecule has 0 aromatic heterocycles. The van der Waals surface area contributed by atoms with Crippen molar-refractivity contribution < 1.29 is 19.1 Å². The van der Waals surface area contributed by atoms with Gasteiger partial charge in [0.15, 0.2) is 0 Å². The topological polar surface area (TPSA) is 69.6 Å². The van der Waals surface area contributed by atoms with Crippen LogP contribution in [0.2, 0.25) is 0 Å². The lowest BCUT2D eigenvalue weighted by Crippen LogP contribution is -2.31. The predicted octanol–water partition coefficient (Wildman–Crippen LogP) is 1.95. The van der Waals surface area contributed by atoms with Gasteiger partial charge in [-0.3, -0.25) is 14.5 Å². The zero-order chi connectivity index (χ0) is 15.2. The maximum Gasteiger partial charge on any atom is 0.303 e. The number of carbonyl (C=O) groups excluding carboxylic acids is 1. The number of carboxylic acid groups (broad SMARTS) is 1. The van der Waals surface area contributed by atoms with E-state index in [-0.39, 0.29) is 24.7 Å². The van der Waals surface area contributed by atoms with Gasteiger partial charge in [0, 0.05) is 18.7 Å². The van der Waals surface area contributed by atoms with Gasteiger partial charge in [-0.2, -0.15) is 0 Å². The van der Waals surface area contributed by atoms with Gasteiger partial charge < -0.3 is 10.4 Å². The summed E-state index contributed by atoms with van der Waals surface area (Å²) in [6, 6.07) is 5.78. The molecule has 0 spiro atoms. The molecule has 0 radical (unpaired) electrons. The zero-order valence-electron chi connectivity index (χ0n) is 11.7. The van der Waals surface area contributed by atoms with E-state index in [1.54, 1.807) is 12.1 Å². The summed E-state index contributed by atoms with van der Waals surface area (Å²) in [6.45, 7) is 1.78. The maximum absolute atomic E-state index is 13.0. The van der Waals surface area contributed by atoms with Crippen LogP contribution >= 0.6 is 0 Å². The van der Waals surface area contributed by atoms with Crippen molar-refractivity contribution in [1.82, 2.24) is 4.90 Å². The molecule has 0 aliphatic carbocycles. The van der Waals surface area contributed by atoms with E-state index in [2.05, 4.69) is 5.32 Å². The van der Waals surface area contributed by atoms with Crippen LogP contribution < -0.4 is 5.32 Å². The molecule has 1 amide bonds. The summed E-state index contributed by atoms with van der Waals surface area (Å²) in [4.78, 5) is 24.4. The summed E-state index contributed by atoms with van der Waals surface area (Å²) >= 11 is 0. The van der Waals surface area contributed by atoms with Crippen molar-refractivity contribution in [3.8, 4) is 0 Å². The van der Waals surface area contributed by atoms with Crippen LogP contribution in [0.3, 0.4) is 0 Å². The predicted molar refractivity (Wildman–Crippen MR) is 76.4 cm³/mol.